The number of nitrogens with one attached hydrogen (secondary N) is 1. The molecule has 3 rings (SSSR count). The van der Waals surface area contributed by atoms with E-state index in [1.807, 2.05) is 0 Å². The first-order valence-corrected chi connectivity index (χ1v) is 10.2. The lowest BCUT2D eigenvalue weighted by Gasteiger charge is -2.12. The molecule has 0 amide bonds. The van der Waals surface area contributed by atoms with Crippen molar-refractivity contribution in [1.82, 2.24) is 14.9 Å². The Bertz CT molecular complexity index is 1100. The fourth-order valence-corrected chi connectivity index (χ4v) is 3.09. The molecule has 0 saturated heterocycles. The number of aromatic amines is 1. The first-order chi connectivity index (χ1) is 15.0. The molecule has 0 saturated carbocycles. The number of unbranched alkanes of at least 4 members (excludes halogenated alkanes) is 3. The molecule has 164 valence electrons. The summed E-state index contributed by atoms with van der Waals surface area (Å²) in [6.07, 6.45) is 6.94. The summed E-state index contributed by atoms with van der Waals surface area (Å²) in [5, 5.41) is 22.7. The number of ether oxygens (including phenoxy) is 2. The van der Waals surface area contributed by atoms with Gasteiger partial charge < -0.3 is 13.9 Å². The van der Waals surface area contributed by atoms with Gasteiger partial charge in [0, 0.05) is 11.6 Å². The highest BCUT2D eigenvalue weighted by Gasteiger charge is 2.22. The summed E-state index contributed by atoms with van der Waals surface area (Å²) in [6.45, 7) is 2.49. The highest BCUT2D eigenvalue weighted by atomic mass is 32.1. The van der Waals surface area contributed by atoms with Crippen molar-refractivity contribution in [3.05, 3.63) is 51.0 Å². The van der Waals surface area contributed by atoms with E-state index >= 15 is 0 Å². The molecule has 0 aliphatic carbocycles. The lowest BCUT2D eigenvalue weighted by atomic mass is 10.1. The van der Waals surface area contributed by atoms with Gasteiger partial charge >= 0.3 is 5.69 Å². The van der Waals surface area contributed by atoms with E-state index in [0.29, 0.717) is 23.8 Å². The van der Waals surface area contributed by atoms with Crippen molar-refractivity contribution in [3.63, 3.8) is 0 Å². The van der Waals surface area contributed by atoms with Crippen LogP contribution in [0.15, 0.2) is 40.0 Å². The van der Waals surface area contributed by atoms with Gasteiger partial charge in [-0.05, 0) is 36.8 Å². The summed E-state index contributed by atoms with van der Waals surface area (Å²) in [5.74, 6) is 1.21. The van der Waals surface area contributed by atoms with E-state index in [9.17, 15) is 10.1 Å². The highest BCUT2D eigenvalue weighted by molar-refractivity contribution is 7.71. The fraction of sp³-hybridized carbons (Fsp3) is 0.350. The normalized spacial score (nSPS) is 11.2. The van der Waals surface area contributed by atoms with Crippen LogP contribution < -0.4 is 9.47 Å². The first kappa shape index (κ1) is 22.2. The molecule has 1 N–H and O–H groups in total. The third-order valence-corrected chi connectivity index (χ3v) is 4.70. The van der Waals surface area contributed by atoms with Crippen molar-refractivity contribution in [2.24, 2.45) is 5.10 Å². The Morgan fingerprint density at radius 1 is 1.39 bits per heavy atom. The number of nitro benzene ring substituents is 1. The fourth-order valence-electron chi connectivity index (χ4n) is 2.91. The minimum absolute atomic E-state index is 0.109. The minimum atomic E-state index is -0.501. The Morgan fingerprint density at radius 3 is 2.90 bits per heavy atom. The van der Waals surface area contributed by atoms with Crippen molar-refractivity contribution < 1.29 is 18.8 Å². The molecule has 0 fully saturated rings. The maximum atomic E-state index is 11.7. The molecular weight excluding hydrogens is 422 g/mol. The smallest absolute Gasteiger partial charge is 0.315 e. The standard InChI is InChI=1S/C20H23N5O5S/c1-3-4-5-6-9-30-18-15(25(26)27)11-14(12-17(18)28-2)13-21-24-19(22-23-20(24)31)16-8-7-10-29-16/h7-8,10-13H,3-6,9H2,1-2H3,(H,23,31)/b21-13-. The third kappa shape index (κ3) is 5.37. The van der Waals surface area contributed by atoms with Gasteiger partial charge in [-0.25, -0.2) is 5.10 Å². The molecular formula is C20H23N5O5S. The first-order valence-electron chi connectivity index (χ1n) is 9.80. The van der Waals surface area contributed by atoms with E-state index in [1.54, 1.807) is 18.2 Å². The van der Waals surface area contributed by atoms with Gasteiger partial charge in [0.1, 0.15) is 0 Å². The summed E-state index contributed by atoms with van der Waals surface area (Å²) in [7, 11) is 1.44. The van der Waals surface area contributed by atoms with Crippen LogP contribution in [-0.4, -0.2) is 39.7 Å². The summed E-state index contributed by atoms with van der Waals surface area (Å²) in [5.41, 5.74) is 0.244. The van der Waals surface area contributed by atoms with Gasteiger partial charge in [0.15, 0.2) is 11.5 Å². The molecule has 2 aromatic heterocycles. The van der Waals surface area contributed by atoms with E-state index in [1.165, 1.54) is 30.3 Å². The molecule has 0 aliphatic heterocycles. The SMILES string of the molecule is CCCCCCOc1c(OC)cc(/C=N\n2c(-c3ccco3)n[nH]c2=S)cc1[N+](=O)[O-]. The number of hydrogen-bond acceptors (Lipinski definition) is 8. The molecule has 10 nitrogen and oxygen atoms in total. The highest BCUT2D eigenvalue weighted by Crippen LogP contribution is 2.38. The molecule has 11 heteroatoms. The molecule has 31 heavy (non-hydrogen) atoms. The Hall–Kier alpha value is -3.47. The Morgan fingerprint density at radius 2 is 2.23 bits per heavy atom. The van der Waals surface area contributed by atoms with Gasteiger partial charge in [-0.15, -0.1) is 5.10 Å². The lowest BCUT2D eigenvalue weighted by molar-refractivity contribution is -0.386. The van der Waals surface area contributed by atoms with E-state index < -0.39 is 4.92 Å². The zero-order chi connectivity index (χ0) is 22.2. The summed E-state index contributed by atoms with van der Waals surface area (Å²) >= 11 is 5.21. The topological polar surface area (TPSA) is 121 Å². The van der Waals surface area contributed by atoms with Crippen LogP contribution in [0.1, 0.15) is 38.2 Å². The molecule has 3 aromatic rings. The number of furan rings is 1. The number of rotatable bonds is 11. The lowest BCUT2D eigenvalue weighted by Crippen LogP contribution is -2.04. The molecule has 0 atom stereocenters. The molecule has 0 bridgehead atoms. The second-order valence-electron chi connectivity index (χ2n) is 6.62. The number of aromatic nitrogens is 3. The number of nitro groups is 1. The monoisotopic (exact) mass is 445 g/mol. The molecule has 2 heterocycles. The largest absolute Gasteiger partial charge is 0.493 e. The second-order valence-corrected chi connectivity index (χ2v) is 7.01. The predicted octanol–water partition coefficient (Wildman–Crippen LogP) is 4.96. The van der Waals surface area contributed by atoms with Gasteiger partial charge in [0.2, 0.25) is 16.3 Å². The average Bonchev–Trinajstić information content (AvgIpc) is 3.41. The van der Waals surface area contributed by atoms with Crippen molar-refractivity contribution in [3.8, 4) is 23.1 Å². The Labute approximate surface area is 183 Å². The van der Waals surface area contributed by atoms with Gasteiger partial charge in [-0.1, -0.05) is 26.2 Å². The Kier molecular flexibility index (Phi) is 7.55. The van der Waals surface area contributed by atoms with Crippen LogP contribution in [0.3, 0.4) is 0 Å². The Balaban J connectivity index is 1.89. The van der Waals surface area contributed by atoms with E-state index in [2.05, 4.69) is 22.2 Å². The number of nitrogens with zero attached hydrogens (tertiary/aromatic N) is 4. The van der Waals surface area contributed by atoms with Crippen molar-refractivity contribution in [1.29, 1.82) is 0 Å². The van der Waals surface area contributed by atoms with E-state index in [0.717, 1.165) is 25.7 Å². The van der Waals surface area contributed by atoms with Gasteiger partial charge in [0.25, 0.3) is 0 Å². The quantitative estimate of drug-likeness (QED) is 0.146. The maximum Gasteiger partial charge on any atom is 0.315 e. The van der Waals surface area contributed by atoms with Crippen LogP contribution in [0.25, 0.3) is 11.6 Å². The molecule has 0 aliphatic rings. The van der Waals surface area contributed by atoms with Crippen LogP contribution in [0.4, 0.5) is 5.69 Å². The zero-order valence-electron chi connectivity index (χ0n) is 17.2. The van der Waals surface area contributed by atoms with Crippen LogP contribution >= 0.6 is 12.2 Å². The average molecular weight is 446 g/mol. The van der Waals surface area contributed by atoms with Crippen LogP contribution in [0.5, 0.6) is 11.5 Å². The number of H-pyrrole nitrogens is 1. The number of hydrogen-bond donors (Lipinski definition) is 1. The minimum Gasteiger partial charge on any atom is -0.493 e. The van der Waals surface area contributed by atoms with Crippen molar-refractivity contribution in [2.75, 3.05) is 13.7 Å². The van der Waals surface area contributed by atoms with Crippen molar-refractivity contribution in [2.45, 2.75) is 32.6 Å². The zero-order valence-corrected chi connectivity index (χ0v) is 18.1. The number of benzene rings is 1. The van der Waals surface area contributed by atoms with E-state index in [-0.39, 0.29) is 22.0 Å². The molecule has 0 spiro atoms. The number of methoxy groups -OCH3 is 1. The molecule has 0 radical (unpaired) electrons. The molecule has 0 unspecified atom stereocenters. The molecule has 1 aromatic carbocycles. The van der Waals surface area contributed by atoms with E-state index in [4.69, 9.17) is 26.1 Å². The van der Waals surface area contributed by atoms with Gasteiger partial charge in [0.05, 0.1) is 31.1 Å². The summed E-state index contributed by atoms with van der Waals surface area (Å²) in [4.78, 5) is 11.1. The second kappa shape index (κ2) is 10.5. The van der Waals surface area contributed by atoms with Crippen molar-refractivity contribution >= 4 is 24.1 Å². The van der Waals surface area contributed by atoms with Crippen LogP contribution in [-0.2, 0) is 0 Å². The third-order valence-electron chi connectivity index (χ3n) is 4.43. The summed E-state index contributed by atoms with van der Waals surface area (Å²) in [6, 6.07) is 6.44. The summed E-state index contributed by atoms with van der Waals surface area (Å²) < 4.78 is 18.0. The van der Waals surface area contributed by atoms with Gasteiger partial charge in [-0.3, -0.25) is 10.1 Å². The predicted molar refractivity (Wildman–Crippen MR) is 117 cm³/mol. The van der Waals surface area contributed by atoms with Crippen LogP contribution in [0.2, 0.25) is 0 Å². The van der Waals surface area contributed by atoms with Crippen LogP contribution in [0, 0.1) is 14.9 Å². The van der Waals surface area contributed by atoms with Gasteiger partial charge in [-0.2, -0.15) is 9.78 Å². The maximum absolute atomic E-state index is 11.7.